The maximum Gasteiger partial charge on any atom is 0.00722 e. The van der Waals surface area contributed by atoms with Crippen LogP contribution in [0.5, 0.6) is 0 Å². The summed E-state index contributed by atoms with van der Waals surface area (Å²) in [5.74, 6) is 1.29. The molecule has 1 heterocycles. The topological polar surface area (TPSA) is 3.24 Å². The molecule has 0 amide bonds. The van der Waals surface area contributed by atoms with Crippen molar-refractivity contribution in [3.8, 4) is 0 Å². The minimum atomic E-state index is 1.29. The van der Waals surface area contributed by atoms with Crippen LogP contribution < -0.4 is 0 Å². The van der Waals surface area contributed by atoms with Gasteiger partial charge in [-0.3, -0.25) is 0 Å². The van der Waals surface area contributed by atoms with E-state index in [4.69, 9.17) is 0 Å². The molecule has 10 heavy (non-hydrogen) atoms. The number of hydrogen-bond acceptors (Lipinski definition) is 2. The van der Waals surface area contributed by atoms with Crippen LogP contribution in [-0.2, 0) is 0 Å². The molecule has 1 radical (unpaired) electrons. The van der Waals surface area contributed by atoms with Crippen LogP contribution in [0.3, 0.4) is 0 Å². The molecule has 0 bridgehead atoms. The van der Waals surface area contributed by atoms with Gasteiger partial charge in [0.1, 0.15) is 0 Å². The van der Waals surface area contributed by atoms with Gasteiger partial charge >= 0.3 is 0 Å². The van der Waals surface area contributed by atoms with Crippen molar-refractivity contribution in [2.24, 2.45) is 0 Å². The van der Waals surface area contributed by atoms with Crippen LogP contribution in [0, 0.1) is 6.42 Å². The summed E-state index contributed by atoms with van der Waals surface area (Å²) in [6.45, 7) is 3.87. The first-order valence-electron chi connectivity index (χ1n) is 3.96. The van der Waals surface area contributed by atoms with Crippen LogP contribution in [-0.4, -0.2) is 36.5 Å². The Morgan fingerprint density at radius 3 is 2.70 bits per heavy atom. The third-order valence-corrected chi connectivity index (χ3v) is 2.50. The number of piperidine rings is 1. The fourth-order valence-corrected chi connectivity index (χ4v) is 1.69. The standard InChI is InChI=1S/C8H16NS/c1-10-8-7-9-5-3-2-4-6-9/h2H,3-8H2,1H3. The van der Waals surface area contributed by atoms with Crippen molar-refractivity contribution in [2.75, 3.05) is 31.6 Å². The van der Waals surface area contributed by atoms with Gasteiger partial charge in [0.2, 0.25) is 0 Å². The number of likely N-dealkylation sites (tertiary alicyclic amines) is 1. The van der Waals surface area contributed by atoms with E-state index in [2.05, 4.69) is 17.6 Å². The van der Waals surface area contributed by atoms with Crippen molar-refractivity contribution in [1.82, 2.24) is 4.90 Å². The second kappa shape index (κ2) is 5.03. The van der Waals surface area contributed by atoms with Gasteiger partial charge in [-0.25, -0.2) is 0 Å². The summed E-state index contributed by atoms with van der Waals surface area (Å²) in [4.78, 5) is 2.55. The molecule has 1 aliphatic rings. The predicted molar refractivity (Wildman–Crippen MR) is 48.4 cm³/mol. The number of rotatable bonds is 3. The van der Waals surface area contributed by atoms with Crippen molar-refractivity contribution < 1.29 is 0 Å². The maximum absolute atomic E-state index is 2.55. The monoisotopic (exact) mass is 158 g/mol. The van der Waals surface area contributed by atoms with Crippen molar-refractivity contribution in [3.63, 3.8) is 0 Å². The molecule has 2 heteroatoms. The Labute approximate surface area is 68.2 Å². The van der Waals surface area contributed by atoms with E-state index in [1.54, 1.807) is 0 Å². The molecule has 0 spiro atoms. The van der Waals surface area contributed by atoms with Crippen LogP contribution in [0.1, 0.15) is 12.8 Å². The van der Waals surface area contributed by atoms with Gasteiger partial charge in [-0.15, -0.1) is 0 Å². The average molecular weight is 158 g/mol. The number of thioether (sulfide) groups is 1. The van der Waals surface area contributed by atoms with E-state index in [-0.39, 0.29) is 0 Å². The molecular weight excluding hydrogens is 142 g/mol. The van der Waals surface area contributed by atoms with Crippen LogP contribution in [0.2, 0.25) is 0 Å². The van der Waals surface area contributed by atoms with Gasteiger partial charge < -0.3 is 4.90 Å². The van der Waals surface area contributed by atoms with E-state index >= 15 is 0 Å². The van der Waals surface area contributed by atoms with Crippen molar-refractivity contribution in [2.45, 2.75) is 12.8 Å². The SMILES string of the molecule is CSCCN1CC[CH]CC1. The van der Waals surface area contributed by atoms with E-state index in [1.165, 1.54) is 38.2 Å². The molecule has 0 aromatic heterocycles. The van der Waals surface area contributed by atoms with E-state index in [0.717, 1.165) is 0 Å². The number of hydrogen-bond donors (Lipinski definition) is 0. The van der Waals surface area contributed by atoms with Crippen molar-refractivity contribution >= 4 is 11.8 Å². The minimum Gasteiger partial charge on any atom is -0.302 e. The highest BCUT2D eigenvalue weighted by Crippen LogP contribution is 2.07. The zero-order chi connectivity index (χ0) is 7.23. The molecule has 1 fully saturated rings. The van der Waals surface area contributed by atoms with Gasteiger partial charge in [-0.05, 0) is 38.6 Å². The molecular formula is C8H16NS. The van der Waals surface area contributed by atoms with Crippen molar-refractivity contribution in [1.29, 1.82) is 0 Å². The highest BCUT2D eigenvalue weighted by molar-refractivity contribution is 7.98. The quantitative estimate of drug-likeness (QED) is 0.614. The summed E-state index contributed by atoms with van der Waals surface area (Å²) < 4.78 is 0. The molecule has 0 saturated carbocycles. The Balaban J connectivity index is 2.02. The summed E-state index contributed by atoms with van der Waals surface area (Å²) in [5.41, 5.74) is 0. The van der Waals surface area contributed by atoms with E-state index in [0.29, 0.717) is 0 Å². The molecule has 1 rings (SSSR count). The molecule has 59 valence electrons. The Morgan fingerprint density at radius 2 is 2.10 bits per heavy atom. The van der Waals surface area contributed by atoms with Gasteiger partial charge in [0.25, 0.3) is 0 Å². The molecule has 0 aromatic rings. The van der Waals surface area contributed by atoms with E-state index in [9.17, 15) is 0 Å². The Kier molecular flexibility index (Phi) is 4.23. The first-order chi connectivity index (χ1) is 4.93. The molecule has 0 unspecified atom stereocenters. The molecule has 0 aliphatic carbocycles. The Morgan fingerprint density at radius 1 is 1.40 bits per heavy atom. The second-order valence-corrected chi connectivity index (χ2v) is 3.69. The lowest BCUT2D eigenvalue weighted by molar-refractivity contribution is 0.270. The highest BCUT2D eigenvalue weighted by Gasteiger charge is 2.08. The Bertz CT molecular complexity index is 79.3. The van der Waals surface area contributed by atoms with Crippen LogP contribution in [0.15, 0.2) is 0 Å². The zero-order valence-electron chi connectivity index (χ0n) is 6.68. The normalized spacial score (nSPS) is 21.3. The lowest BCUT2D eigenvalue weighted by atomic mass is 10.1. The fourth-order valence-electron chi connectivity index (χ4n) is 1.25. The molecule has 0 atom stereocenters. The summed E-state index contributed by atoms with van der Waals surface area (Å²) in [5, 5.41) is 0. The number of nitrogens with zero attached hydrogens (tertiary/aromatic N) is 1. The lowest BCUT2D eigenvalue weighted by Gasteiger charge is -2.25. The predicted octanol–water partition coefficient (Wildman–Crippen LogP) is 1.65. The maximum atomic E-state index is 2.55. The van der Waals surface area contributed by atoms with Crippen LogP contribution in [0.4, 0.5) is 0 Å². The average Bonchev–Trinajstić information content (AvgIpc) is 2.03. The first kappa shape index (κ1) is 8.41. The van der Waals surface area contributed by atoms with E-state index < -0.39 is 0 Å². The summed E-state index contributed by atoms with van der Waals surface area (Å²) in [7, 11) is 0. The third kappa shape index (κ3) is 2.93. The second-order valence-electron chi connectivity index (χ2n) is 2.70. The Hall–Kier alpha value is 0.310. The third-order valence-electron chi connectivity index (χ3n) is 1.91. The van der Waals surface area contributed by atoms with Gasteiger partial charge in [-0.1, -0.05) is 0 Å². The smallest absolute Gasteiger partial charge is 0.00722 e. The van der Waals surface area contributed by atoms with Crippen molar-refractivity contribution in [3.05, 3.63) is 6.42 Å². The summed E-state index contributed by atoms with van der Waals surface area (Å²) in [6.07, 6.45) is 7.18. The molecule has 0 N–H and O–H groups in total. The minimum absolute atomic E-state index is 1.29. The fraction of sp³-hybridized carbons (Fsp3) is 0.875. The molecule has 0 aromatic carbocycles. The summed E-state index contributed by atoms with van der Waals surface area (Å²) in [6, 6.07) is 0. The molecule has 1 saturated heterocycles. The first-order valence-corrected chi connectivity index (χ1v) is 5.36. The van der Waals surface area contributed by atoms with Crippen LogP contribution in [0.25, 0.3) is 0 Å². The molecule has 1 nitrogen and oxygen atoms in total. The molecule has 1 aliphatic heterocycles. The van der Waals surface area contributed by atoms with Gasteiger partial charge in [0, 0.05) is 12.3 Å². The largest absolute Gasteiger partial charge is 0.302 e. The van der Waals surface area contributed by atoms with Gasteiger partial charge in [0.15, 0.2) is 0 Å². The summed E-state index contributed by atoms with van der Waals surface area (Å²) >= 11 is 1.94. The van der Waals surface area contributed by atoms with E-state index in [1.807, 2.05) is 11.8 Å². The van der Waals surface area contributed by atoms with Crippen LogP contribution >= 0.6 is 11.8 Å². The van der Waals surface area contributed by atoms with Gasteiger partial charge in [0.05, 0.1) is 0 Å². The zero-order valence-corrected chi connectivity index (χ0v) is 7.49. The lowest BCUT2D eigenvalue weighted by Crippen LogP contribution is -2.31. The van der Waals surface area contributed by atoms with Gasteiger partial charge in [-0.2, -0.15) is 11.8 Å². The highest BCUT2D eigenvalue weighted by atomic mass is 32.2.